The second-order valence-corrected chi connectivity index (χ2v) is 14.4. The molecule has 0 saturated heterocycles. The van der Waals surface area contributed by atoms with E-state index in [1.165, 1.54) is 51.4 Å². The summed E-state index contributed by atoms with van der Waals surface area (Å²) in [6.45, 7) is 16.4. The summed E-state index contributed by atoms with van der Waals surface area (Å²) in [5, 5.41) is 10.8. The molecule has 0 aromatic heterocycles. The van der Waals surface area contributed by atoms with Crippen LogP contribution in [0.1, 0.15) is 113 Å². The van der Waals surface area contributed by atoms with Crippen molar-refractivity contribution in [3.63, 3.8) is 0 Å². The Kier molecular flexibility index (Phi) is 5.03. The van der Waals surface area contributed by atoms with E-state index >= 15 is 0 Å². The Hall–Kier alpha value is -0.630. The zero-order valence-electron chi connectivity index (χ0n) is 21.9. The highest BCUT2D eigenvalue weighted by molar-refractivity contribution is 5.90. The summed E-state index contributed by atoms with van der Waals surface area (Å²) in [6, 6.07) is 0. The van der Waals surface area contributed by atoms with E-state index in [1.54, 1.807) is 0 Å². The van der Waals surface area contributed by atoms with Crippen LogP contribution < -0.4 is 0 Å². The van der Waals surface area contributed by atoms with Gasteiger partial charge in [-0.3, -0.25) is 4.79 Å². The van der Waals surface area contributed by atoms with Crippen LogP contribution in [-0.2, 0) is 4.79 Å². The highest BCUT2D eigenvalue weighted by atomic mass is 16.3. The van der Waals surface area contributed by atoms with Crippen LogP contribution in [0.3, 0.4) is 0 Å². The summed E-state index contributed by atoms with van der Waals surface area (Å²) >= 11 is 0. The van der Waals surface area contributed by atoms with Crippen molar-refractivity contribution in [2.24, 2.45) is 50.7 Å². The summed E-state index contributed by atoms with van der Waals surface area (Å²) in [4.78, 5) is 12.6. The summed E-state index contributed by atoms with van der Waals surface area (Å²) in [6.07, 6.45) is 14.3. The maximum Gasteiger partial charge on any atom is 0.155 e. The Bertz CT molecular complexity index is 836. The van der Waals surface area contributed by atoms with Crippen molar-refractivity contribution in [2.45, 2.75) is 119 Å². The molecule has 32 heavy (non-hydrogen) atoms. The smallest absolute Gasteiger partial charge is 0.155 e. The van der Waals surface area contributed by atoms with Crippen LogP contribution in [0.5, 0.6) is 0 Å². The summed E-state index contributed by atoms with van der Waals surface area (Å²) in [5.41, 5.74) is 3.06. The number of carbonyl (C=O) groups excluding carboxylic acids is 1. The lowest BCUT2D eigenvalue weighted by molar-refractivity contribution is -0.161. The molecule has 0 heterocycles. The van der Waals surface area contributed by atoms with Crippen LogP contribution in [0.15, 0.2) is 11.6 Å². The molecule has 5 aliphatic rings. The molecule has 5 saturated carbocycles. The lowest BCUT2D eigenvalue weighted by atomic mass is 9.41. The van der Waals surface area contributed by atoms with Crippen LogP contribution >= 0.6 is 0 Å². The minimum Gasteiger partial charge on any atom is -0.393 e. The lowest BCUT2D eigenvalue weighted by Crippen LogP contribution is -2.57. The number of hydrogen-bond acceptors (Lipinski definition) is 2. The summed E-state index contributed by atoms with van der Waals surface area (Å²) in [5.74, 6) is 3.04. The molecule has 2 nitrogen and oxygen atoms in total. The van der Waals surface area contributed by atoms with Crippen LogP contribution in [-0.4, -0.2) is 17.0 Å². The first-order valence-electron chi connectivity index (χ1n) is 13.7. The molecule has 2 spiro atoms. The van der Waals surface area contributed by atoms with Gasteiger partial charge in [0.05, 0.1) is 6.10 Å². The summed E-state index contributed by atoms with van der Waals surface area (Å²) in [7, 11) is 0. The fourth-order valence-electron chi connectivity index (χ4n) is 11.1. The minimum absolute atomic E-state index is 0.0758. The van der Waals surface area contributed by atoms with Gasteiger partial charge in [0.15, 0.2) is 5.78 Å². The lowest BCUT2D eigenvalue weighted by Gasteiger charge is -2.63. The molecule has 9 atom stereocenters. The second-order valence-electron chi connectivity index (χ2n) is 14.4. The van der Waals surface area contributed by atoms with E-state index in [4.69, 9.17) is 0 Å². The molecule has 0 aromatic carbocycles. The van der Waals surface area contributed by atoms with E-state index in [2.05, 4.69) is 34.6 Å². The fraction of sp³-hybridized carbons (Fsp3) is 0.900. The number of aliphatic hydroxyl groups excluding tert-OH is 1. The Morgan fingerprint density at radius 2 is 1.56 bits per heavy atom. The number of ketones is 1. The Morgan fingerprint density at radius 1 is 0.906 bits per heavy atom. The monoisotopic (exact) mass is 440 g/mol. The average Bonchev–Trinajstić information content (AvgIpc) is 3.27. The van der Waals surface area contributed by atoms with Crippen molar-refractivity contribution in [1.29, 1.82) is 0 Å². The van der Waals surface area contributed by atoms with E-state index in [-0.39, 0.29) is 11.5 Å². The van der Waals surface area contributed by atoms with Gasteiger partial charge in [0, 0.05) is 6.42 Å². The molecule has 0 radical (unpaired) electrons. The average molecular weight is 441 g/mol. The van der Waals surface area contributed by atoms with E-state index < -0.39 is 0 Å². The molecule has 5 fully saturated rings. The van der Waals surface area contributed by atoms with E-state index in [1.807, 2.05) is 19.9 Å². The molecule has 5 rings (SSSR count). The standard InChI is InChI=1S/C30H48O2/c1-19(2)16-21(31)17-20(3)22-10-12-28(7)24-9-8-23-26(4,5)25(32)11-13-29(23)18-30(24,29)15-14-27(22,28)6/h16,20,22-25,32H,8-15,17-18H2,1-7H3/t20-,22-,23-,24+,25-,27-,28+,29-,30+/m1/s1. The SMILES string of the molecule is CC(C)=CC(=O)C[C@@H](C)[C@H]1CC[C@@]2(C)[C@@H]3CC[C@@H]4C(C)(C)[C@H](O)CC[C@@]45C[C@@]35CC[C@]12C. The van der Waals surface area contributed by atoms with Gasteiger partial charge in [-0.25, -0.2) is 0 Å². The molecule has 0 aliphatic heterocycles. The zero-order valence-corrected chi connectivity index (χ0v) is 21.9. The van der Waals surface area contributed by atoms with Gasteiger partial charge in [-0.15, -0.1) is 0 Å². The van der Waals surface area contributed by atoms with Crippen molar-refractivity contribution in [3.05, 3.63) is 11.6 Å². The number of hydrogen-bond donors (Lipinski definition) is 1. The van der Waals surface area contributed by atoms with Gasteiger partial charge >= 0.3 is 0 Å². The zero-order chi connectivity index (χ0) is 23.3. The van der Waals surface area contributed by atoms with Gasteiger partial charge in [-0.1, -0.05) is 40.2 Å². The van der Waals surface area contributed by atoms with Gasteiger partial charge < -0.3 is 5.11 Å². The Labute approximate surface area is 197 Å². The van der Waals surface area contributed by atoms with Gasteiger partial charge in [0.25, 0.3) is 0 Å². The first-order chi connectivity index (χ1) is 14.8. The van der Waals surface area contributed by atoms with Gasteiger partial charge in [0.1, 0.15) is 0 Å². The van der Waals surface area contributed by atoms with E-state index in [0.29, 0.717) is 45.2 Å². The van der Waals surface area contributed by atoms with Crippen molar-refractivity contribution in [3.8, 4) is 0 Å². The van der Waals surface area contributed by atoms with E-state index in [9.17, 15) is 9.90 Å². The molecule has 0 bridgehead atoms. The van der Waals surface area contributed by atoms with Crippen LogP contribution in [0.25, 0.3) is 0 Å². The van der Waals surface area contributed by atoms with Crippen molar-refractivity contribution < 1.29 is 9.90 Å². The number of fused-ring (bicyclic) bond motifs is 2. The number of rotatable bonds is 4. The maximum atomic E-state index is 12.6. The molecule has 0 aromatic rings. The summed E-state index contributed by atoms with van der Waals surface area (Å²) < 4.78 is 0. The predicted molar refractivity (Wildman–Crippen MR) is 131 cm³/mol. The van der Waals surface area contributed by atoms with Gasteiger partial charge in [0.2, 0.25) is 0 Å². The fourth-order valence-corrected chi connectivity index (χ4v) is 11.1. The number of aliphatic hydroxyl groups is 1. The molecular formula is C30H48O2. The first-order valence-corrected chi connectivity index (χ1v) is 13.7. The Balaban J connectivity index is 1.42. The number of carbonyl (C=O) groups is 1. The Morgan fingerprint density at radius 3 is 2.25 bits per heavy atom. The highest BCUT2D eigenvalue weighted by Gasteiger charge is 2.82. The largest absolute Gasteiger partial charge is 0.393 e. The maximum absolute atomic E-state index is 12.6. The molecule has 5 aliphatic carbocycles. The second kappa shape index (κ2) is 6.96. The molecule has 0 amide bonds. The van der Waals surface area contributed by atoms with Crippen LogP contribution in [0, 0.1) is 50.7 Å². The van der Waals surface area contributed by atoms with Crippen molar-refractivity contribution >= 4 is 5.78 Å². The molecular weight excluding hydrogens is 392 g/mol. The van der Waals surface area contributed by atoms with Crippen LogP contribution in [0.4, 0.5) is 0 Å². The molecule has 1 N–H and O–H groups in total. The number of allylic oxidation sites excluding steroid dienone is 2. The third-order valence-corrected chi connectivity index (χ3v) is 12.8. The molecule has 180 valence electrons. The van der Waals surface area contributed by atoms with Gasteiger partial charge in [-0.2, -0.15) is 0 Å². The van der Waals surface area contributed by atoms with Crippen molar-refractivity contribution in [1.82, 2.24) is 0 Å². The molecule has 2 heteroatoms. The van der Waals surface area contributed by atoms with Crippen molar-refractivity contribution in [2.75, 3.05) is 0 Å². The third-order valence-electron chi connectivity index (χ3n) is 12.8. The minimum atomic E-state index is -0.119. The third kappa shape index (κ3) is 2.71. The normalized spacial score (nSPS) is 51.5. The first kappa shape index (κ1) is 23.1. The van der Waals surface area contributed by atoms with E-state index in [0.717, 1.165) is 24.3 Å². The predicted octanol–water partition coefficient (Wildman–Crippen LogP) is 7.35. The quantitative estimate of drug-likeness (QED) is 0.464. The molecule has 0 unspecified atom stereocenters. The topological polar surface area (TPSA) is 37.3 Å². The van der Waals surface area contributed by atoms with Crippen LogP contribution in [0.2, 0.25) is 0 Å². The highest BCUT2D eigenvalue weighted by Crippen LogP contribution is 2.89. The van der Waals surface area contributed by atoms with Gasteiger partial charge in [-0.05, 0) is 128 Å².